The highest BCUT2D eigenvalue weighted by molar-refractivity contribution is 5.67. The van der Waals surface area contributed by atoms with Gasteiger partial charge in [0, 0.05) is 23.9 Å². The first-order valence-corrected chi connectivity index (χ1v) is 5.97. The quantitative estimate of drug-likeness (QED) is 0.856. The molecule has 2 aromatic heterocycles. The molecule has 0 atom stereocenters. The van der Waals surface area contributed by atoms with E-state index in [2.05, 4.69) is 22.0 Å². The normalized spacial score (nSPS) is 10.8. The maximum Gasteiger partial charge on any atom is 0.222 e. The van der Waals surface area contributed by atoms with E-state index in [9.17, 15) is 0 Å². The van der Waals surface area contributed by atoms with Crippen molar-refractivity contribution < 1.29 is 0 Å². The summed E-state index contributed by atoms with van der Waals surface area (Å²) in [5, 5.41) is 4.51. The van der Waals surface area contributed by atoms with Crippen LogP contribution in [0.25, 0.3) is 11.3 Å². The fourth-order valence-electron chi connectivity index (χ4n) is 2.11. The van der Waals surface area contributed by atoms with Crippen LogP contribution in [-0.4, -0.2) is 19.7 Å². The molecule has 0 radical (unpaired) electrons. The van der Waals surface area contributed by atoms with Crippen molar-refractivity contribution in [2.24, 2.45) is 0 Å². The van der Waals surface area contributed by atoms with Crippen LogP contribution in [0.15, 0.2) is 6.07 Å². The van der Waals surface area contributed by atoms with Crippen molar-refractivity contribution in [3.05, 3.63) is 17.5 Å². The Morgan fingerprint density at radius 2 is 1.94 bits per heavy atom. The summed E-state index contributed by atoms with van der Waals surface area (Å²) in [7, 11) is 0. The van der Waals surface area contributed by atoms with E-state index in [1.54, 1.807) is 6.07 Å². The van der Waals surface area contributed by atoms with E-state index in [4.69, 9.17) is 11.5 Å². The molecule has 0 unspecified atom stereocenters. The van der Waals surface area contributed by atoms with Crippen LogP contribution in [0.3, 0.4) is 0 Å². The zero-order valence-corrected chi connectivity index (χ0v) is 10.9. The minimum Gasteiger partial charge on any atom is -0.384 e. The fourth-order valence-corrected chi connectivity index (χ4v) is 2.11. The second-order valence-electron chi connectivity index (χ2n) is 4.31. The van der Waals surface area contributed by atoms with E-state index in [-0.39, 0.29) is 5.95 Å². The molecule has 6 nitrogen and oxygen atoms in total. The molecule has 0 spiro atoms. The molecule has 4 N–H and O–H groups in total. The summed E-state index contributed by atoms with van der Waals surface area (Å²) in [5.74, 6) is 0.562. The molecule has 2 aromatic rings. The molecule has 0 amide bonds. The maximum absolute atomic E-state index is 5.70. The van der Waals surface area contributed by atoms with Crippen LogP contribution in [0.1, 0.15) is 24.7 Å². The monoisotopic (exact) mass is 246 g/mol. The smallest absolute Gasteiger partial charge is 0.222 e. The largest absolute Gasteiger partial charge is 0.384 e. The van der Waals surface area contributed by atoms with Crippen molar-refractivity contribution in [2.75, 3.05) is 11.5 Å². The summed E-state index contributed by atoms with van der Waals surface area (Å²) in [6.45, 7) is 7.00. The van der Waals surface area contributed by atoms with Gasteiger partial charge in [0.1, 0.15) is 5.82 Å². The van der Waals surface area contributed by atoms with Gasteiger partial charge < -0.3 is 11.5 Å². The van der Waals surface area contributed by atoms with Crippen LogP contribution in [-0.2, 0) is 6.54 Å². The van der Waals surface area contributed by atoms with Crippen LogP contribution < -0.4 is 11.5 Å². The van der Waals surface area contributed by atoms with Crippen LogP contribution >= 0.6 is 0 Å². The van der Waals surface area contributed by atoms with Gasteiger partial charge in [0.2, 0.25) is 5.95 Å². The Morgan fingerprint density at radius 1 is 1.22 bits per heavy atom. The Morgan fingerprint density at radius 3 is 2.56 bits per heavy atom. The second-order valence-corrected chi connectivity index (χ2v) is 4.31. The van der Waals surface area contributed by atoms with Gasteiger partial charge in [0.05, 0.1) is 11.4 Å². The lowest BCUT2D eigenvalue weighted by Crippen LogP contribution is -2.02. The minimum absolute atomic E-state index is 0.187. The van der Waals surface area contributed by atoms with Crippen molar-refractivity contribution in [2.45, 2.75) is 33.7 Å². The Hall–Kier alpha value is -2.11. The molecule has 6 heteroatoms. The Kier molecular flexibility index (Phi) is 3.18. The third-order valence-electron chi connectivity index (χ3n) is 2.84. The van der Waals surface area contributed by atoms with Crippen molar-refractivity contribution in [3.8, 4) is 11.3 Å². The third kappa shape index (κ3) is 2.13. The fraction of sp³-hybridized carbons (Fsp3) is 0.417. The number of rotatable bonds is 3. The molecular weight excluding hydrogens is 228 g/mol. The summed E-state index contributed by atoms with van der Waals surface area (Å²) in [6, 6.07) is 1.73. The van der Waals surface area contributed by atoms with Crippen molar-refractivity contribution in [1.29, 1.82) is 0 Å². The molecular formula is C12H18N6. The van der Waals surface area contributed by atoms with E-state index >= 15 is 0 Å². The summed E-state index contributed by atoms with van der Waals surface area (Å²) >= 11 is 0. The van der Waals surface area contributed by atoms with Crippen LogP contribution in [0.2, 0.25) is 0 Å². The summed E-state index contributed by atoms with van der Waals surface area (Å²) in [5.41, 5.74) is 15.1. The van der Waals surface area contributed by atoms with Gasteiger partial charge in [0.15, 0.2) is 0 Å². The molecule has 0 bridgehead atoms. The number of nitrogen functional groups attached to an aromatic ring is 2. The lowest BCUT2D eigenvalue weighted by molar-refractivity contribution is 0.583. The first kappa shape index (κ1) is 12.3. The number of nitrogens with two attached hydrogens (primary N) is 2. The zero-order valence-electron chi connectivity index (χ0n) is 10.9. The van der Waals surface area contributed by atoms with Crippen LogP contribution in [0, 0.1) is 13.8 Å². The first-order valence-electron chi connectivity index (χ1n) is 5.97. The van der Waals surface area contributed by atoms with E-state index < -0.39 is 0 Å². The average molecular weight is 246 g/mol. The number of aromatic nitrogens is 4. The van der Waals surface area contributed by atoms with Crippen LogP contribution in [0.4, 0.5) is 11.8 Å². The van der Waals surface area contributed by atoms with Crippen molar-refractivity contribution in [3.63, 3.8) is 0 Å². The van der Waals surface area contributed by atoms with Crippen molar-refractivity contribution in [1.82, 2.24) is 19.7 Å². The van der Waals surface area contributed by atoms with Crippen LogP contribution in [0.5, 0.6) is 0 Å². The average Bonchev–Trinajstić information content (AvgIpc) is 2.53. The second kappa shape index (κ2) is 4.64. The number of anilines is 2. The third-order valence-corrected chi connectivity index (χ3v) is 2.84. The molecule has 0 fully saturated rings. The zero-order chi connectivity index (χ0) is 13.3. The summed E-state index contributed by atoms with van der Waals surface area (Å²) in [6.07, 6.45) is 1.04. The summed E-state index contributed by atoms with van der Waals surface area (Å²) in [4.78, 5) is 8.11. The summed E-state index contributed by atoms with van der Waals surface area (Å²) < 4.78 is 1.99. The molecule has 0 aromatic carbocycles. The maximum atomic E-state index is 5.70. The van der Waals surface area contributed by atoms with Gasteiger partial charge in [0.25, 0.3) is 0 Å². The van der Waals surface area contributed by atoms with Gasteiger partial charge in [-0.2, -0.15) is 10.1 Å². The Bertz CT molecular complexity index is 552. The highest BCUT2D eigenvalue weighted by atomic mass is 15.3. The lowest BCUT2D eigenvalue weighted by Gasteiger charge is -2.05. The SMILES string of the molecule is CCCn1nc(C)c(-c2cc(N)nc(N)n2)c1C. The van der Waals surface area contributed by atoms with E-state index in [0.29, 0.717) is 5.82 Å². The predicted octanol–water partition coefficient (Wildman–Crippen LogP) is 1.53. The van der Waals surface area contributed by atoms with Gasteiger partial charge in [-0.25, -0.2) is 4.98 Å². The molecule has 96 valence electrons. The first-order chi connectivity index (χ1) is 8.52. The van der Waals surface area contributed by atoms with Gasteiger partial charge in [-0.05, 0) is 20.3 Å². The van der Waals surface area contributed by atoms with E-state index in [1.807, 2.05) is 18.5 Å². The number of hydrogen-bond donors (Lipinski definition) is 2. The molecule has 0 aliphatic carbocycles. The van der Waals surface area contributed by atoms with Gasteiger partial charge in [-0.15, -0.1) is 0 Å². The number of hydrogen-bond acceptors (Lipinski definition) is 5. The molecule has 0 aliphatic rings. The lowest BCUT2D eigenvalue weighted by atomic mass is 10.1. The predicted molar refractivity (Wildman–Crippen MR) is 71.8 cm³/mol. The van der Waals surface area contributed by atoms with E-state index in [0.717, 1.165) is 35.6 Å². The molecule has 2 rings (SSSR count). The van der Waals surface area contributed by atoms with Crippen molar-refractivity contribution >= 4 is 11.8 Å². The Balaban J connectivity index is 2.56. The standard InChI is InChI=1S/C12H18N6/c1-4-5-18-8(3)11(7(2)17-18)9-6-10(13)16-12(14)15-9/h6H,4-5H2,1-3H3,(H4,13,14,15,16). The van der Waals surface area contributed by atoms with Gasteiger partial charge >= 0.3 is 0 Å². The molecule has 0 saturated carbocycles. The molecule has 18 heavy (non-hydrogen) atoms. The highest BCUT2D eigenvalue weighted by Crippen LogP contribution is 2.26. The number of aryl methyl sites for hydroxylation is 2. The minimum atomic E-state index is 0.187. The molecule has 0 aliphatic heterocycles. The number of nitrogens with zero attached hydrogens (tertiary/aromatic N) is 4. The molecule has 0 saturated heterocycles. The van der Waals surface area contributed by atoms with Gasteiger partial charge in [-0.1, -0.05) is 6.92 Å². The van der Waals surface area contributed by atoms with Gasteiger partial charge in [-0.3, -0.25) is 4.68 Å². The molecule has 2 heterocycles. The Labute approximate surface area is 106 Å². The topological polar surface area (TPSA) is 95.6 Å². The van der Waals surface area contributed by atoms with E-state index in [1.165, 1.54) is 0 Å². The highest BCUT2D eigenvalue weighted by Gasteiger charge is 2.15.